The van der Waals surface area contributed by atoms with Crippen molar-refractivity contribution in [3.63, 3.8) is 0 Å². The number of hydrogen-bond acceptors (Lipinski definition) is 6. The zero-order chi connectivity index (χ0) is 25.0. The number of hydrogen-bond donors (Lipinski definition) is 1. The fourth-order valence-corrected chi connectivity index (χ4v) is 5.97. The second-order valence-corrected chi connectivity index (χ2v) is 12.4. The Hall–Kier alpha value is -2.36. The average molecular weight is 574 g/mol. The Balaban J connectivity index is 1.25. The molecule has 1 aliphatic heterocycles. The number of carbonyl (C=O) groups is 2. The monoisotopic (exact) mass is 572 g/mol. The van der Waals surface area contributed by atoms with Crippen molar-refractivity contribution in [2.24, 2.45) is 0 Å². The molecule has 1 aromatic heterocycles. The van der Waals surface area contributed by atoms with Crippen LogP contribution >= 0.6 is 39.0 Å². The third kappa shape index (κ3) is 6.86. The van der Waals surface area contributed by atoms with Gasteiger partial charge in [0, 0.05) is 58.4 Å². The maximum Gasteiger partial charge on any atom is 0.254 e. The Morgan fingerprint density at radius 2 is 1.80 bits per heavy atom. The van der Waals surface area contributed by atoms with E-state index < -0.39 is 0 Å². The number of piperazine rings is 1. The van der Waals surface area contributed by atoms with Gasteiger partial charge in [0.05, 0.1) is 11.4 Å². The number of halogens is 1. The van der Waals surface area contributed by atoms with Gasteiger partial charge in [-0.15, -0.1) is 11.3 Å². The first-order valence-electron chi connectivity index (χ1n) is 11.5. The second kappa shape index (κ2) is 11.1. The molecule has 0 saturated carbocycles. The molecular formula is C26H29BrN4O2S2. The predicted molar refractivity (Wildman–Crippen MR) is 149 cm³/mol. The van der Waals surface area contributed by atoms with Gasteiger partial charge in [-0.2, -0.15) is 0 Å². The van der Waals surface area contributed by atoms with Crippen LogP contribution in [0.1, 0.15) is 36.8 Å². The second-order valence-electron chi connectivity index (χ2n) is 9.42. The minimum atomic E-state index is -0.0464. The topological polar surface area (TPSA) is 65.5 Å². The molecule has 0 atom stereocenters. The first-order valence-corrected chi connectivity index (χ1v) is 14.1. The molecule has 4 rings (SSSR count). The summed E-state index contributed by atoms with van der Waals surface area (Å²) in [6.45, 7) is 9.30. The highest BCUT2D eigenvalue weighted by atomic mass is 79.9. The van der Waals surface area contributed by atoms with Crippen LogP contribution in [0.15, 0.2) is 62.7 Å². The standard InChI is InChI=1S/C26H29BrN4O2S2/c1-26(2,3)22-16-34-25(29-22)35-17-23(32)28-20-7-9-21(10-8-20)30-11-13-31(14-12-30)24(33)18-5-4-6-19(27)15-18/h4-10,15-16H,11-14,17H2,1-3H3,(H,28,32). The highest BCUT2D eigenvalue weighted by Crippen LogP contribution is 2.29. The molecule has 1 fully saturated rings. The zero-order valence-electron chi connectivity index (χ0n) is 20.1. The number of aromatic nitrogens is 1. The van der Waals surface area contributed by atoms with Gasteiger partial charge in [0.1, 0.15) is 0 Å². The van der Waals surface area contributed by atoms with Crippen LogP contribution in [0.2, 0.25) is 0 Å². The van der Waals surface area contributed by atoms with Crippen LogP contribution in [-0.2, 0) is 10.2 Å². The number of carbonyl (C=O) groups excluding carboxylic acids is 2. The number of thioether (sulfide) groups is 1. The fraction of sp³-hybridized carbons (Fsp3) is 0.346. The summed E-state index contributed by atoms with van der Waals surface area (Å²) < 4.78 is 1.82. The zero-order valence-corrected chi connectivity index (χ0v) is 23.3. The van der Waals surface area contributed by atoms with Crippen LogP contribution in [0.4, 0.5) is 11.4 Å². The smallest absolute Gasteiger partial charge is 0.254 e. The quantitative estimate of drug-likeness (QED) is 0.373. The molecule has 0 spiro atoms. The molecule has 2 aromatic carbocycles. The minimum Gasteiger partial charge on any atom is -0.368 e. The predicted octanol–water partition coefficient (Wildman–Crippen LogP) is 5.90. The van der Waals surface area contributed by atoms with E-state index in [0.29, 0.717) is 24.4 Å². The third-order valence-corrected chi connectivity index (χ3v) is 8.25. The summed E-state index contributed by atoms with van der Waals surface area (Å²) in [5.41, 5.74) is 3.64. The molecule has 0 unspecified atom stereocenters. The van der Waals surface area contributed by atoms with Crippen molar-refractivity contribution in [3.05, 3.63) is 69.6 Å². The summed E-state index contributed by atoms with van der Waals surface area (Å²) >= 11 is 6.48. The summed E-state index contributed by atoms with van der Waals surface area (Å²) in [6.07, 6.45) is 0. The molecule has 1 N–H and O–H groups in total. The van der Waals surface area contributed by atoms with Crippen LogP contribution in [0.3, 0.4) is 0 Å². The largest absolute Gasteiger partial charge is 0.368 e. The highest BCUT2D eigenvalue weighted by molar-refractivity contribution is 9.10. The lowest BCUT2D eigenvalue weighted by molar-refractivity contribution is -0.113. The van der Waals surface area contributed by atoms with Gasteiger partial charge in [0.25, 0.3) is 5.91 Å². The van der Waals surface area contributed by atoms with Crippen molar-refractivity contribution in [3.8, 4) is 0 Å². The first-order chi connectivity index (χ1) is 16.7. The number of benzene rings is 2. The van der Waals surface area contributed by atoms with E-state index in [1.165, 1.54) is 11.8 Å². The van der Waals surface area contributed by atoms with E-state index in [1.807, 2.05) is 53.4 Å². The van der Waals surface area contributed by atoms with Crippen molar-refractivity contribution in [2.75, 3.05) is 42.1 Å². The van der Waals surface area contributed by atoms with Crippen LogP contribution < -0.4 is 10.2 Å². The lowest BCUT2D eigenvalue weighted by Crippen LogP contribution is -2.48. The van der Waals surface area contributed by atoms with Crippen LogP contribution in [0.25, 0.3) is 0 Å². The number of anilines is 2. The van der Waals surface area contributed by atoms with E-state index in [-0.39, 0.29) is 17.2 Å². The van der Waals surface area contributed by atoms with Gasteiger partial charge in [-0.3, -0.25) is 9.59 Å². The fourth-order valence-electron chi connectivity index (χ4n) is 3.72. The summed E-state index contributed by atoms with van der Waals surface area (Å²) in [5.74, 6) is 0.344. The SMILES string of the molecule is CC(C)(C)c1csc(SCC(=O)Nc2ccc(N3CCN(C(=O)c4cccc(Br)c4)CC3)cc2)n1. The Morgan fingerprint density at radius 3 is 2.43 bits per heavy atom. The van der Waals surface area contributed by atoms with Gasteiger partial charge in [0.15, 0.2) is 4.34 Å². The summed E-state index contributed by atoms with van der Waals surface area (Å²) in [7, 11) is 0. The van der Waals surface area contributed by atoms with E-state index in [2.05, 4.69) is 57.3 Å². The lowest BCUT2D eigenvalue weighted by Gasteiger charge is -2.36. The maximum absolute atomic E-state index is 12.8. The molecule has 184 valence electrons. The molecule has 1 aliphatic rings. The number of amides is 2. The molecule has 0 bridgehead atoms. The van der Waals surface area contributed by atoms with Crippen molar-refractivity contribution >= 4 is 62.2 Å². The van der Waals surface area contributed by atoms with Gasteiger partial charge in [-0.05, 0) is 42.5 Å². The molecular weight excluding hydrogens is 544 g/mol. The Bertz CT molecular complexity index is 1180. The van der Waals surface area contributed by atoms with Gasteiger partial charge in [-0.25, -0.2) is 4.98 Å². The molecule has 6 nitrogen and oxygen atoms in total. The van der Waals surface area contributed by atoms with Crippen LogP contribution in [0.5, 0.6) is 0 Å². The summed E-state index contributed by atoms with van der Waals surface area (Å²) in [4.78, 5) is 34.0. The minimum absolute atomic E-state index is 0.0147. The highest BCUT2D eigenvalue weighted by Gasteiger charge is 2.22. The van der Waals surface area contributed by atoms with E-state index in [4.69, 9.17) is 0 Å². The van der Waals surface area contributed by atoms with Crippen molar-refractivity contribution < 1.29 is 9.59 Å². The Morgan fingerprint density at radius 1 is 1.09 bits per heavy atom. The van der Waals surface area contributed by atoms with E-state index in [1.54, 1.807) is 11.3 Å². The third-order valence-electron chi connectivity index (χ3n) is 5.73. The van der Waals surface area contributed by atoms with Crippen LogP contribution in [-0.4, -0.2) is 53.6 Å². The number of thiazole rings is 1. The molecule has 0 aliphatic carbocycles. The number of nitrogens with one attached hydrogen (secondary N) is 1. The molecule has 9 heteroatoms. The molecule has 35 heavy (non-hydrogen) atoms. The maximum atomic E-state index is 12.8. The van der Waals surface area contributed by atoms with E-state index >= 15 is 0 Å². The number of rotatable bonds is 6. The molecule has 1 saturated heterocycles. The summed E-state index contributed by atoms with van der Waals surface area (Å²) in [6, 6.07) is 15.4. The summed E-state index contributed by atoms with van der Waals surface area (Å²) in [5, 5.41) is 5.03. The molecule has 0 radical (unpaired) electrons. The average Bonchev–Trinajstić information content (AvgIpc) is 3.33. The number of nitrogens with zero attached hydrogens (tertiary/aromatic N) is 3. The van der Waals surface area contributed by atoms with E-state index in [0.717, 1.165) is 39.0 Å². The van der Waals surface area contributed by atoms with E-state index in [9.17, 15) is 9.59 Å². The van der Waals surface area contributed by atoms with Gasteiger partial charge in [0.2, 0.25) is 5.91 Å². The Kier molecular flexibility index (Phi) is 8.19. The van der Waals surface area contributed by atoms with Crippen molar-refractivity contribution in [1.29, 1.82) is 0 Å². The van der Waals surface area contributed by atoms with Crippen molar-refractivity contribution in [1.82, 2.24) is 9.88 Å². The molecule has 2 amide bonds. The normalized spacial score (nSPS) is 14.2. The van der Waals surface area contributed by atoms with Gasteiger partial charge in [-0.1, -0.05) is 54.5 Å². The Labute approximate surface area is 223 Å². The molecule has 2 heterocycles. The lowest BCUT2D eigenvalue weighted by atomic mass is 9.93. The van der Waals surface area contributed by atoms with Gasteiger partial charge < -0.3 is 15.1 Å². The van der Waals surface area contributed by atoms with Crippen LogP contribution in [0, 0.1) is 0 Å². The first kappa shape index (κ1) is 25.7. The van der Waals surface area contributed by atoms with Gasteiger partial charge >= 0.3 is 0 Å². The molecule has 3 aromatic rings. The van der Waals surface area contributed by atoms with Crippen molar-refractivity contribution in [2.45, 2.75) is 30.5 Å².